The number of hydrogen-bond acceptors (Lipinski definition) is 3. The summed E-state index contributed by atoms with van der Waals surface area (Å²) in [5, 5.41) is 2.84. The molecule has 0 spiro atoms. The molecule has 0 bridgehead atoms. The molecule has 0 unspecified atom stereocenters. The van der Waals surface area contributed by atoms with Crippen molar-refractivity contribution in [1.82, 2.24) is 9.97 Å². The van der Waals surface area contributed by atoms with Crippen molar-refractivity contribution in [2.75, 3.05) is 17.7 Å². The van der Waals surface area contributed by atoms with Crippen LogP contribution in [-0.4, -0.2) is 22.4 Å². The Kier molecular flexibility index (Phi) is 3.57. The van der Waals surface area contributed by atoms with Crippen molar-refractivity contribution < 1.29 is 0 Å². The summed E-state index contributed by atoms with van der Waals surface area (Å²) in [5.74, 6) is 0.536. The lowest BCUT2D eigenvalue weighted by atomic mass is 10.4. The van der Waals surface area contributed by atoms with E-state index in [-0.39, 0.29) is 0 Å². The van der Waals surface area contributed by atoms with Gasteiger partial charge < -0.3 is 10.3 Å². The van der Waals surface area contributed by atoms with E-state index >= 15 is 0 Å². The van der Waals surface area contributed by atoms with Gasteiger partial charge in [-0.1, -0.05) is 0 Å². The number of hydrogen-bond donors (Lipinski definition) is 3. The van der Waals surface area contributed by atoms with Gasteiger partial charge in [-0.3, -0.25) is 9.78 Å². The molecule has 1 aromatic heterocycles. The van der Waals surface area contributed by atoms with Gasteiger partial charge in [-0.05, 0) is 6.42 Å². The van der Waals surface area contributed by atoms with Crippen molar-refractivity contribution in [2.45, 2.75) is 6.42 Å². The van der Waals surface area contributed by atoms with Crippen molar-refractivity contribution in [3.8, 4) is 0 Å². The lowest BCUT2D eigenvalue weighted by molar-refractivity contribution is 0.963. The molecule has 0 aliphatic rings. The molecule has 3 N–H and O–H groups in total. The summed E-state index contributed by atoms with van der Waals surface area (Å²) >= 11 is 5.45. The van der Waals surface area contributed by atoms with Gasteiger partial charge in [0, 0.05) is 18.6 Å². The molecule has 6 heteroatoms. The molecule has 0 aliphatic heterocycles. The van der Waals surface area contributed by atoms with Gasteiger partial charge in [-0.15, -0.1) is 11.6 Å². The zero-order valence-corrected chi connectivity index (χ0v) is 7.65. The fourth-order valence-electron chi connectivity index (χ4n) is 0.831. The summed E-state index contributed by atoms with van der Waals surface area (Å²) in [6, 6.07) is 0. The van der Waals surface area contributed by atoms with Crippen LogP contribution in [0.2, 0.25) is 0 Å². The number of anilines is 1. The minimum Gasteiger partial charge on any atom is -0.379 e. The second kappa shape index (κ2) is 4.71. The van der Waals surface area contributed by atoms with Crippen LogP contribution in [0.5, 0.6) is 0 Å². The molecule has 1 heterocycles. The number of aromatic nitrogens is 2. The smallest absolute Gasteiger partial charge is 0.325 e. The number of rotatable bonds is 4. The molecule has 0 saturated heterocycles. The normalized spacial score (nSPS) is 9.92. The SMILES string of the molecule is O=c1[nH]cc(NCCCCl)c(=O)[nH]1. The lowest BCUT2D eigenvalue weighted by Crippen LogP contribution is -2.24. The minimum atomic E-state index is -0.507. The third kappa shape index (κ3) is 2.95. The van der Waals surface area contributed by atoms with Crippen molar-refractivity contribution in [1.29, 1.82) is 0 Å². The average molecular weight is 204 g/mol. The van der Waals surface area contributed by atoms with Crippen molar-refractivity contribution in [3.05, 3.63) is 27.0 Å². The van der Waals surface area contributed by atoms with Crippen LogP contribution >= 0.6 is 11.6 Å². The van der Waals surface area contributed by atoms with E-state index in [0.29, 0.717) is 18.1 Å². The Labute approximate surface area is 79.1 Å². The Morgan fingerprint density at radius 3 is 2.85 bits per heavy atom. The van der Waals surface area contributed by atoms with Crippen molar-refractivity contribution in [2.24, 2.45) is 0 Å². The molecular weight excluding hydrogens is 194 g/mol. The molecule has 0 aromatic carbocycles. The third-order valence-electron chi connectivity index (χ3n) is 1.45. The van der Waals surface area contributed by atoms with Crippen LogP contribution in [0, 0.1) is 0 Å². The zero-order valence-electron chi connectivity index (χ0n) is 6.89. The van der Waals surface area contributed by atoms with Crippen LogP contribution in [0.25, 0.3) is 0 Å². The van der Waals surface area contributed by atoms with Crippen LogP contribution in [0.1, 0.15) is 6.42 Å². The van der Waals surface area contributed by atoms with E-state index < -0.39 is 11.2 Å². The average Bonchev–Trinajstić information content (AvgIpc) is 2.09. The second-order valence-corrected chi connectivity index (χ2v) is 2.83. The Morgan fingerprint density at radius 2 is 2.23 bits per heavy atom. The quantitative estimate of drug-likeness (QED) is 0.480. The number of alkyl halides is 1. The number of H-pyrrole nitrogens is 2. The van der Waals surface area contributed by atoms with Gasteiger partial charge in [-0.25, -0.2) is 4.79 Å². The number of aromatic amines is 2. The summed E-state index contributed by atoms with van der Waals surface area (Å²) in [6.45, 7) is 0.610. The fourth-order valence-corrected chi connectivity index (χ4v) is 0.965. The van der Waals surface area contributed by atoms with E-state index in [4.69, 9.17) is 11.6 Å². The summed E-state index contributed by atoms with van der Waals surface area (Å²) < 4.78 is 0. The second-order valence-electron chi connectivity index (χ2n) is 2.45. The monoisotopic (exact) mass is 203 g/mol. The predicted octanol–water partition coefficient (Wildman–Crippen LogP) is 0.104. The molecule has 0 radical (unpaired) electrons. The van der Waals surface area contributed by atoms with Gasteiger partial charge >= 0.3 is 5.69 Å². The molecule has 0 amide bonds. The maximum atomic E-state index is 11.1. The first-order valence-electron chi connectivity index (χ1n) is 3.86. The van der Waals surface area contributed by atoms with E-state index in [2.05, 4.69) is 15.3 Å². The molecule has 0 atom stereocenters. The van der Waals surface area contributed by atoms with Gasteiger partial charge in [0.05, 0.1) is 0 Å². The molecular formula is C7H10ClN3O2. The van der Waals surface area contributed by atoms with E-state index in [1.807, 2.05) is 0 Å². The molecule has 13 heavy (non-hydrogen) atoms. The molecule has 5 nitrogen and oxygen atoms in total. The highest BCUT2D eigenvalue weighted by Gasteiger charge is 1.97. The van der Waals surface area contributed by atoms with Gasteiger partial charge in [0.1, 0.15) is 5.69 Å². The lowest BCUT2D eigenvalue weighted by Gasteiger charge is -2.01. The molecule has 1 rings (SSSR count). The van der Waals surface area contributed by atoms with Gasteiger partial charge in [0.25, 0.3) is 5.56 Å². The standard InChI is InChI=1S/C7H10ClN3O2/c8-2-1-3-9-5-4-10-7(13)11-6(5)12/h4,9H,1-3H2,(H2,10,11,12,13). The van der Waals surface area contributed by atoms with Crippen molar-refractivity contribution >= 4 is 17.3 Å². The zero-order chi connectivity index (χ0) is 9.68. The van der Waals surface area contributed by atoms with E-state index in [1.54, 1.807) is 0 Å². The fraction of sp³-hybridized carbons (Fsp3) is 0.429. The first-order chi connectivity index (χ1) is 6.24. The van der Waals surface area contributed by atoms with E-state index in [0.717, 1.165) is 6.42 Å². The van der Waals surface area contributed by atoms with E-state index in [1.165, 1.54) is 6.20 Å². The Bertz CT molecular complexity index is 370. The van der Waals surface area contributed by atoms with Crippen LogP contribution in [0.3, 0.4) is 0 Å². The van der Waals surface area contributed by atoms with Crippen LogP contribution in [-0.2, 0) is 0 Å². The topological polar surface area (TPSA) is 77.8 Å². The Morgan fingerprint density at radius 1 is 1.46 bits per heavy atom. The highest BCUT2D eigenvalue weighted by atomic mass is 35.5. The summed E-state index contributed by atoms with van der Waals surface area (Å²) in [5.41, 5.74) is -0.573. The summed E-state index contributed by atoms with van der Waals surface area (Å²) in [4.78, 5) is 26.1. The Hall–Kier alpha value is -1.23. The highest BCUT2D eigenvalue weighted by Crippen LogP contribution is 1.92. The summed E-state index contributed by atoms with van der Waals surface area (Å²) in [7, 11) is 0. The molecule has 0 aliphatic carbocycles. The van der Waals surface area contributed by atoms with Crippen LogP contribution in [0.15, 0.2) is 15.8 Å². The predicted molar refractivity (Wildman–Crippen MR) is 51.5 cm³/mol. The highest BCUT2D eigenvalue weighted by molar-refractivity contribution is 6.17. The van der Waals surface area contributed by atoms with Crippen LogP contribution in [0.4, 0.5) is 5.69 Å². The third-order valence-corrected chi connectivity index (χ3v) is 1.71. The van der Waals surface area contributed by atoms with E-state index in [9.17, 15) is 9.59 Å². The maximum Gasteiger partial charge on any atom is 0.325 e. The first kappa shape index (κ1) is 9.85. The maximum absolute atomic E-state index is 11.1. The van der Waals surface area contributed by atoms with Gasteiger partial charge in [-0.2, -0.15) is 0 Å². The van der Waals surface area contributed by atoms with Gasteiger partial charge in [0.15, 0.2) is 0 Å². The molecule has 72 valence electrons. The molecule has 0 fully saturated rings. The van der Waals surface area contributed by atoms with Gasteiger partial charge in [0.2, 0.25) is 0 Å². The minimum absolute atomic E-state index is 0.352. The first-order valence-corrected chi connectivity index (χ1v) is 4.39. The number of nitrogens with one attached hydrogen (secondary N) is 3. The largest absolute Gasteiger partial charge is 0.379 e. The molecule has 1 aromatic rings. The number of halogens is 1. The Balaban J connectivity index is 2.67. The molecule has 0 saturated carbocycles. The summed E-state index contributed by atoms with van der Waals surface area (Å²) in [6.07, 6.45) is 2.11. The van der Waals surface area contributed by atoms with Crippen LogP contribution < -0.4 is 16.6 Å². The van der Waals surface area contributed by atoms with Crippen molar-refractivity contribution in [3.63, 3.8) is 0 Å².